The minimum Gasteiger partial charge on any atom is -0.480 e. The van der Waals surface area contributed by atoms with Gasteiger partial charge in [-0.1, -0.05) is 36.4 Å². The van der Waals surface area contributed by atoms with Gasteiger partial charge in [-0.25, -0.2) is 22.0 Å². The molecule has 2 aromatic carbocycles. The number of hydrogen-bond donors (Lipinski definition) is 2. The summed E-state index contributed by atoms with van der Waals surface area (Å²) in [5.41, 5.74) is 0.105. The Morgan fingerprint density at radius 3 is 2.29 bits per heavy atom. The lowest BCUT2D eigenvalue weighted by Gasteiger charge is -2.22. The molecule has 3 rings (SSSR count). The van der Waals surface area contributed by atoms with E-state index in [1.54, 1.807) is 63.2 Å². The molecule has 0 aliphatic rings. The van der Waals surface area contributed by atoms with Crippen LogP contribution in [0.1, 0.15) is 26.3 Å². The van der Waals surface area contributed by atoms with Gasteiger partial charge in [0.05, 0.1) is 10.4 Å². The molecule has 1 amide bonds. The van der Waals surface area contributed by atoms with Gasteiger partial charge in [0.25, 0.3) is 10.0 Å². The van der Waals surface area contributed by atoms with Crippen molar-refractivity contribution >= 4 is 33.0 Å². The number of benzene rings is 2. The van der Waals surface area contributed by atoms with Gasteiger partial charge in [-0.3, -0.25) is 0 Å². The molecule has 0 aliphatic heterocycles. The molecule has 0 saturated carbocycles. The van der Waals surface area contributed by atoms with E-state index >= 15 is 0 Å². The number of aliphatic carboxylic acids is 1. The van der Waals surface area contributed by atoms with Crippen molar-refractivity contribution in [3.63, 3.8) is 0 Å². The highest BCUT2D eigenvalue weighted by atomic mass is 32.2. The number of para-hydroxylation sites is 1. The van der Waals surface area contributed by atoms with Gasteiger partial charge in [0.1, 0.15) is 11.6 Å². The zero-order valence-corrected chi connectivity index (χ0v) is 18.2. The maximum absolute atomic E-state index is 13.2. The van der Waals surface area contributed by atoms with Crippen LogP contribution in [0.5, 0.6) is 0 Å². The van der Waals surface area contributed by atoms with Crippen LogP contribution in [0.4, 0.5) is 4.79 Å². The Kier molecular flexibility index (Phi) is 6.08. The minimum atomic E-state index is -3.89. The number of carbonyl (C=O) groups excluding carboxylic acids is 1. The summed E-state index contributed by atoms with van der Waals surface area (Å²) in [7, 11) is -3.89. The molecule has 0 saturated heterocycles. The zero-order valence-electron chi connectivity index (χ0n) is 17.4. The number of nitrogens with one attached hydrogen (secondary N) is 1. The molecule has 1 aromatic heterocycles. The molecule has 0 spiro atoms. The molecule has 8 nitrogen and oxygen atoms in total. The third-order valence-electron chi connectivity index (χ3n) is 4.47. The first-order valence-electron chi connectivity index (χ1n) is 9.61. The average molecular weight is 445 g/mol. The number of fused-ring (bicyclic) bond motifs is 1. The normalized spacial score (nSPS) is 13.0. The number of hydrogen-bond acceptors (Lipinski definition) is 5. The van der Waals surface area contributed by atoms with E-state index in [2.05, 4.69) is 5.32 Å². The minimum absolute atomic E-state index is 0.115. The Bertz CT molecular complexity index is 1210. The summed E-state index contributed by atoms with van der Waals surface area (Å²) in [5, 5.41) is 12.5. The van der Waals surface area contributed by atoms with E-state index in [-0.39, 0.29) is 11.3 Å². The van der Waals surface area contributed by atoms with Crippen LogP contribution in [-0.2, 0) is 26.0 Å². The topological polar surface area (TPSA) is 115 Å². The lowest BCUT2D eigenvalue weighted by Crippen LogP contribution is -2.44. The van der Waals surface area contributed by atoms with Crippen LogP contribution in [0.3, 0.4) is 0 Å². The van der Waals surface area contributed by atoms with E-state index in [9.17, 15) is 23.1 Å². The SMILES string of the molecule is CC(C)(C)OC(=O)N[C@H](Cc1cn(S(=O)(=O)c2ccccc2)c2ccccc12)C(=O)O. The van der Waals surface area contributed by atoms with E-state index in [4.69, 9.17) is 4.74 Å². The number of carbonyl (C=O) groups is 2. The zero-order chi connectivity index (χ0) is 22.8. The molecule has 9 heteroatoms. The Hall–Kier alpha value is -3.33. The van der Waals surface area contributed by atoms with Crippen molar-refractivity contribution in [2.24, 2.45) is 0 Å². The van der Waals surface area contributed by atoms with Crippen LogP contribution in [0, 0.1) is 0 Å². The van der Waals surface area contributed by atoms with E-state index in [0.717, 1.165) is 3.97 Å². The Balaban J connectivity index is 1.99. The van der Waals surface area contributed by atoms with Gasteiger partial charge in [-0.05, 0) is 44.5 Å². The number of carboxylic acid groups (broad SMARTS) is 1. The van der Waals surface area contributed by atoms with Crippen molar-refractivity contribution < 1.29 is 27.9 Å². The van der Waals surface area contributed by atoms with E-state index in [0.29, 0.717) is 16.5 Å². The third-order valence-corrected chi connectivity index (χ3v) is 6.16. The van der Waals surface area contributed by atoms with E-state index in [1.807, 2.05) is 0 Å². The molecule has 1 heterocycles. The van der Waals surface area contributed by atoms with Crippen LogP contribution >= 0.6 is 0 Å². The second-order valence-corrected chi connectivity index (χ2v) is 9.84. The summed E-state index contributed by atoms with van der Waals surface area (Å²) >= 11 is 0. The smallest absolute Gasteiger partial charge is 0.408 e. The molecule has 1 atom stereocenters. The fourth-order valence-electron chi connectivity index (χ4n) is 3.16. The number of nitrogens with zero attached hydrogens (tertiary/aromatic N) is 1. The van der Waals surface area contributed by atoms with Gasteiger partial charge < -0.3 is 15.2 Å². The predicted molar refractivity (Wildman–Crippen MR) is 115 cm³/mol. The van der Waals surface area contributed by atoms with Crippen LogP contribution in [0.2, 0.25) is 0 Å². The molecule has 0 radical (unpaired) electrons. The maximum atomic E-state index is 13.2. The Morgan fingerprint density at radius 2 is 1.68 bits per heavy atom. The molecule has 0 fully saturated rings. The molecular weight excluding hydrogens is 420 g/mol. The van der Waals surface area contributed by atoms with E-state index in [1.165, 1.54) is 18.3 Å². The molecule has 0 unspecified atom stereocenters. The summed E-state index contributed by atoms with van der Waals surface area (Å²) in [5.74, 6) is -1.26. The Morgan fingerprint density at radius 1 is 1.06 bits per heavy atom. The predicted octanol–water partition coefficient (Wildman–Crippen LogP) is 3.40. The van der Waals surface area contributed by atoms with Gasteiger partial charge in [0.2, 0.25) is 0 Å². The lowest BCUT2D eigenvalue weighted by molar-refractivity contribution is -0.139. The van der Waals surface area contributed by atoms with Gasteiger partial charge in [-0.2, -0.15) is 0 Å². The standard InChI is InChI=1S/C22H24N2O6S/c1-22(2,3)30-21(27)23-18(20(25)26)13-15-14-24(19-12-8-7-11-17(15)19)31(28,29)16-9-5-4-6-10-16/h4-12,14,18H,13H2,1-3H3,(H,23,27)(H,25,26)/t18-/m1/s1. The molecular formula is C22H24N2O6S. The number of carboxylic acids is 1. The van der Waals surface area contributed by atoms with E-state index < -0.39 is 33.7 Å². The molecule has 3 aromatic rings. The summed E-state index contributed by atoms with van der Waals surface area (Å²) < 4.78 is 32.6. The first kappa shape index (κ1) is 22.4. The number of ether oxygens (including phenoxy) is 1. The second-order valence-electron chi connectivity index (χ2n) is 8.03. The van der Waals surface area contributed by atoms with Crippen LogP contribution in [-0.4, -0.2) is 41.2 Å². The summed E-state index contributed by atoms with van der Waals surface area (Å²) in [6.45, 7) is 5.01. The van der Waals surface area contributed by atoms with Crippen molar-refractivity contribution in [3.8, 4) is 0 Å². The highest BCUT2D eigenvalue weighted by Gasteiger charge is 2.27. The summed E-state index contributed by atoms with van der Waals surface area (Å²) in [6.07, 6.45) is 0.423. The van der Waals surface area contributed by atoms with Crippen molar-refractivity contribution in [1.82, 2.24) is 9.29 Å². The van der Waals surface area contributed by atoms with Crippen LogP contribution < -0.4 is 5.32 Å². The highest BCUT2D eigenvalue weighted by molar-refractivity contribution is 7.90. The molecule has 31 heavy (non-hydrogen) atoms. The molecule has 164 valence electrons. The first-order valence-corrected chi connectivity index (χ1v) is 11.0. The molecule has 2 N–H and O–H groups in total. The highest BCUT2D eigenvalue weighted by Crippen LogP contribution is 2.27. The third kappa shape index (κ3) is 5.05. The monoisotopic (exact) mass is 444 g/mol. The lowest BCUT2D eigenvalue weighted by atomic mass is 10.1. The number of alkyl carbamates (subject to hydrolysis) is 1. The van der Waals surface area contributed by atoms with Gasteiger partial charge in [0.15, 0.2) is 0 Å². The van der Waals surface area contributed by atoms with Crippen molar-refractivity contribution in [1.29, 1.82) is 0 Å². The molecule has 0 bridgehead atoms. The molecule has 0 aliphatic carbocycles. The summed E-state index contributed by atoms with van der Waals surface area (Å²) in [6, 6.07) is 13.5. The van der Waals surface area contributed by atoms with Crippen molar-refractivity contribution in [2.75, 3.05) is 0 Å². The van der Waals surface area contributed by atoms with Gasteiger partial charge in [-0.15, -0.1) is 0 Å². The average Bonchev–Trinajstić information content (AvgIpc) is 3.06. The fourth-order valence-corrected chi connectivity index (χ4v) is 4.57. The van der Waals surface area contributed by atoms with Crippen LogP contribution in [0.15, 0.2) is 65.7 Å². The number of rotatable bonds is 6. The van der Waals surface area contributed by atoms with Crippen LogP contribution in [0.25, 0.3) is 10.9 Å². The quantitative estimate of drug-likeness (QED) is 0.602. The fraction of sp³-hybridized carbons (Fsp3) is 0.273. The first-order chi connectivity index (χ1) is 14.5. The van der Waals surface area contributed by atoms with Gasteiger partial charge >= 0.3 is 12.1 Å². The number of aromatic nitrogens is 1. The summed E-state index contributed by atoms with van der Waals surface area (Å²) in [4.78, 5) is 24.0. The maximum Gasteiger partial charge on any atom is 0.408 e. The number of amides is 1. The van der Waals surface area contributed by atoms with Gasteiger partial charge in [0, 0.05) is 18.0 Å². The van der Waals surface area contributed by atoms with Crippen molar-refractivity contribution in [3.05, 3.63) is 66.4 Å². The largest absolute Gasteiger partial charge is 0.480 e. The Labute approximate surface area is 180 Å². The second kappa shape index (κ2) is 8.43. The van der Waals surface area contributed by atoms with Crippen molar-refractivity contribution in [2.45, 2.75) is 43.7 Å².